The van der Waals surface area contributed by atoms with E-state index in [2.05, 4.69) is 9.97 Å². The fourth-order valence-corrected chi connectivity index (χ4v) is 3.10. The number of fused-ring (bicyclic) bond motifs is 1. The minimum atomic E-state index is -3.25. The summed E-state index contributed by atoms with van der Waals surface area (Å²) in [6, 6.07) is 8.51. The first-order valence-electron chi connectivity index (χ1n) is 6.76. The molecule has 0 atom stereocenters. The highest BCUT2D eigenvalue weighted by Gasteiger charge is 2.12. The molecule has 5 nitrogen and oxygen atoms in total. The van der Waals surface area contributed by atoms with E-state index in [0.29, 0.717) is 16.9 Å². The van der Waals surface area contributed by atoms with E-state index in [9.17, 15) is 13.5 Å². The average Bonchev–Trinajstić information content (AvgIpc) is 2.86. The maximum absolute atomic E-state index is 11.6. The minimum Gasteiger partial charge on any atom is -0.507 e. The van der Waals surface area contributed by atoms with E-state index in [1.807, 2.05) is 26.0 Å². The van der Waals surface area contributed by atoms with Crippen molar-refractivity contribution in [2.45, 2.75) is 18.7 Å². The lowest BCUT2D eigenvalue weighted by atomic mass is 10.1. The number of nitrogens with one attached hydrogen (secondary N) is 1. The van der Waals surface area contributed by atoms with Gasteiger partial charge in [0, 0.05) is 11.8 Å². The summed E-state index contributed by atoms with van der Waals surface area (Å²) in [6.07, 6.45) is 1.18. The number of phenols is 1. The second kappa shape index (κ2) is 4.84. The topological polar surface area (TPSA) is 83.0 Å². The second-order valence-corrected chi connectivity index (χ2v) is 7.51. The van der Waals surface area contributed by atoms with Crippen molar-refractivity contribution >= 4 is 20.9 Å². The van der Waals surface area contributed by atoms with E-state index in [1.165, 1.54) is 6.26 Å². The van der Waals surface area contributed by atoms with Crippen LogP contribution in [0.1, 0.15) is 11.1 Å². The first-order valence-corrected chi connectivity index (χ1v) is 8.65. The summed E-state index contributed by atoms with van der Waals surface area (Å²) in [4.78, 5) is 7.88. The van der Waals surface area contributed by atoms with Gasteiger partial charge in [-0.2, -0.15) is 0 Å². The minimum absolute atomic E-state index is 0.258. The summed E-state index contributed by atoms with van der Waals surface area (Å²) in [6.45, 7) is 3.66. The Morgan fingerprint density at radius 1 is 1.09 bits per heavy atom. The number of hydrogen-bond donors (Lipinski definition) is 2. The first-order chi connectivity index (χ1) is 10.3. The Labute approximate surface area is 128 Å². The Bertz CT molecular complexity index is 965. The van der Waals surface area contributed by atoms with Crippen molar-refractivity contribution in [2.75, 3.05) is 6.26 Å². The maximum atomic E-state index is 11.6. The van der Waals surface area contributed by atoms with Crippen LogP contribution < -0.4 is 0 Å². The highest BCUT2D eigenvalue weighted by molar-refractivity contribution is 7.90. The van der Waals surface area contributed by atoms with Gasteiger partial charge in [-0.25, -0.2) is 13.4 Å². The molecule has 22 heavy (non-hydrogen) atoms. The number of aryl methyl sites for hydroxylation is 2. The zero-order valence-electron chi connectivity index (χ0n) is 12.5. The van der Waals surface area contributed by atoms with Crippen LogP contribution in [0.25, 0.3) is 22.4 Å². The molecule has 0 amide bonds. The molecule has 3 rings (SSSR count). The maximum Gasteiger partial charge on any atom is 0.175 e. The van der Waals surface area contributed by atoms with Crippen LogP contribution >= 0.6 is 0 Å². The molecular formula is C16H16N2O3S. The van der Waals surface area contributed by atoms with E-state index < -0.39 is 9.84 Å². The molecule has 0 spiro atoms. The van der Waals surface area contributed by atoms with E-state index in [4.69, 9.17) is 0 Å². The number of aromatic amines is 1. The number of rotatable bonds is 2. The highest BCUT2D eigenvalue weighted by Crippen LogP contribution is 2.29. The third-order valence-corrected chi connectivity index (χ3v) is 4.76. The van der Waals surface area contributed by atoms with Crippen LogP contribution in [-0.4, -0.2) is 29.7 Å². The van der Waals surface area contributed by atoms with Gasteiger partial charge in [0.15, 0.2) is 9.84 Å². The Kier molecular flexibility index (Phi) is 3.21. The number of hydrogen-bond acceptors (Lipinski definition) is 4. The molecule has 0 saturated carbocycles. The van der Waals surface area contributed by atoms with E-state index in [1.54, 1.807) is 18.2 Å². The molecule has 0 bridgehead atoms. The number of H-pyrrole nitrogens is 1. The van der Waals surface area contributed by atoms with Gasteiger partial charge in [-0.3, -0.25) is 0 Å². The fraction of sp³-hybridized carbons (Fsp3) is 0.188. The van der Waals surface area contributed by atoms with Gasteiger partial charge in [0.25, 0.3) is 0 Å². The van der Waals surface area contributed by atoms with Crippen LogP contribution in [0, 0.1) is 13.8 Å². The molecule has 0 fully saturated rings. The molecule has 6 heteroatoms. The van der Waals surface area contributed by atoms with Gasteiger partial charge in [-0.1, -0.05) is 0 Å². The van der Waals surface area contributed by atoms with Crippen molar-refractivity contribution in [3.8, 4) is 17.1 Å². The number of phenolic OH excluding ortho intramolecular Hbond substituents is 1. The number of aromatic hydroxyl groups is 1. The predicted molar refractivity (Wildman–Crippen MR) is 85.8 cm³/mol. The molecule has 1 aromatic heterocycles. The van der Waals surface area contributed by atoms with Gasteiger partial charge in [0.1, 0.15) is 11.6 Å². The molecular weight excluding hydrogens is 300 g/mol. The SMILES string of the molecule is Cc1cc(-c2nc3ccc(S(C)(=O)=O)cc3[nH]2)cc(C)c1O. The normalized spacial score (nSPS) is 12.0. The van der Waals surface area contributed by atoms with Gasteiger partial charge >= 0.3 is 0 Å². The summed E-state index contributed by atoms with van der Waals surface area (Å²) in [5.74, 6) is 0.922. The summed E-state index contributed by atoms with van der Waals surface area (Å²) in [5.41, 5.74) is 3.76. The molecule has 0 saturated heterocycles. The monoisotopic (exact) mass is 316 g/mol. The molecule has 1 heterocycles. The molecule has 2 aromatic carbocycles. The van der Waals surface area contributed by atoms with Gasteiger partial charge in [0.2, 0.25) is 0 Å². The number of nitrogens with zero attached hydrogens (tertiary/aromatic N) is 1. The molecule has 0 aliphatic carbocycles. The molecule has 0 aliphatic heterocycles. The average molecular weight is 316 g/mol. The van der Waals surface area contributed by atoms with Gasteiger partial charge in [0.05, 0.1) is 15.9 Å². The lowest BCUT2D eigenvalue weighted by Gasteiger charge is -2.05. The van der Waals surface area contributed by atoms with Crippen molar-refractivity contribution in [2.24, 2.45) is 0 Å². The summed E-state index contributed by atoms with van der Waals surface area (Å²) in [7, 11) is -3.25. The highest BCUT2D eigenvalue weighted by atomic mass is 32.2. The lowest BCUT2D eigenvalue weighted by molar-refractivity contribution is 0.467. The molecule has 2 N–H and O–H groups in total. The first kappa shape index (κ1) is 14.6. The lowest BCUT2D eigenvalue weighted by Crippen LogP contribution is -1.96. The second-order valence-electron chi connectivity index (χ2n) is 5.50. The van der Waals surface area contributed by atoms with E-state index in [-0.39, 0.29) is 10.6 Å². The summed E-state index contributed by atoms with van der Waals surface area (Å²) in [5, 5.41) is 9.85. The zero-order valence-corrected chi connectivity index (χ0v) is 13.3. The molecule has 3 aromatic rings. The Hall–Kier alpha value is -2.34. The predicted octanol–water partition coefficient (Wildman–Crippen LogP) is 2.96. The third-order valence-electron chi connectivity index (χ3n) is 3.65. The van der Waals surface area contributed by atoms with Crippen molar-refractivity contribution < 1.29 is 13.5 Å². The van der Waals surface area contributed by atoms with Crippen LogP contribution in [0.2, 0.25) is 0 Å². The van der Waals surface area contributed by atoms with Gasteiger partial charge < -0.3 is 10.1 Å². The quantitative estimate of drug-likeness (QED) is 0.761. The van der Waals surface area contributed by atoms with Gasteiger partial charge in [-0.05, 0) is 55.3 Å². The standard InChI is InChI=1S/C16H16N2O3S/c1-9-6-11(7-10(2)15(9)19)16-17-13-5-4-12(22(3,20)21)8-14(13)18-16/h4-8,19H,1-3H3,(H,17,18). The van der Waals surface area contributed by atoms with Crippen LogP contribution in [0.5, 0.6) is 5.75 Å². The third kappa shape index (κ3) is 2.46. The Morgan fingerprint density at radius 2 is 1.73 bits per heavy atom. The van der Waals surface area contributed by atoms with Crippen molar-refractivity contribution in [1.29, 1.82) is 0 Å². The largest absolute Gasteiger partial charge is 0.507 e. The number of aromatic nitrogens is 2. The Balaban J connectivity index is 2.17. The van der Waals surface area contributed by atoms with Gasteiger partial charge in [-0.15, -0.1) is 0 Å². The molecule has 0 aliphatic rings. The fourth-order valence-electron chi connectivity index (χ4n) is 2.45. The summed E-state index contributed by atoms with van der Waals surface area (Å²) < 4.78 is 23.2. The van der Waals surface area contributed by atoms with E-state index in [0.717, 1.165) is 16.7 Å². The van der Waals surface area contributed by atoms with Crippen molar-refractivity contribution in [1.82, 2.24) is 9.97 Å². The molecule has 114 valence electrons. The van der Waals surface area contributed by atoms with Crippen LogP contribution in [0.3, 0.4) is 0 Å². The van der Waals surface area contributed by atoms with Crippen LogP contribution in [0.4, 0.5) is 0 Å². The van der Waals surface area contributed by atoms with Crippen LogP contribution in [-0.2, 0) is 9.84 Å². The van der Waals surface area contributed by atoms with Crippen LogP contribution in [0.15, 0.2) is 35.2 Å². The molecule has 0 unspecified atom stereocenters. The summed E-state index contributed by atoms with van der Waals surface area (Å²) >= 11 is 0. The smallest absolute Gasteiger partial charge is 0.175 e. The molecule has 0 radical (unpaired) electrons. The number of benzene rings is 2. The van der Waals surface area contributed by atoms with Crippen molar-refractivity contribution in [3.05, 3.63) is 41.5 Å². The van der Waals surface area contributed by atoms with Crippen molar-refractivity contribution in [3.63, 3.8) is 0 Å². The Morgan fingerprint density at radius 3 is 2.32 bits per heavy atom. The number of sulfone groups is 1. The number of imidazole rings is 1. The van der Waals surface area contributed by atoms with E-state index >= 15 is 0 Å². The zero-order chi connectivity index (χ0) is 16.1.